The van der Waals surface area contributed by atoms with Crippen molar-refractivity contribution in [1.29, 1.82) is 0 Å². The van der Waals surface area contributed by atoms with Crippen LogP contribution in [0.5, 0.6) is 5.75 Å². The van der Waals surface area contributed by atoms with Gasteiger partial charge in [0.15, 0.2) is 0 Å². The van der Waals surface area contributed by atoms with Gasteiger partial charge < -0.3 is 15.0 Å². The predicted octanol–water partition coefficient (Wildman–Crippen LogP) is 3.30. The molecule has 2 rings (SSSR count). The molecular weight excluding hydrogens is 260 g/mol. The molecule has 3 heteroatoms. The van der Waals surface area contributed by atoms with Crippen LogP contribution in [0.3, 0.4) is 0 Å². The van der Waals surface area contributed by atoms with Gasteiger partial charge in [0.25, 0.3) is 0 Å². The molecule has 0 radical (unpaired) electrons. The second kappa shape index (κ2) is 8.40. The third-order valence-electron chi connectivity index (χ3n) is 3.95. The minimum absolute atomic E-state index is 0.736. The fourth-order valence-electron chi connectivity index (χ4n) is 2.23. The van der Waals surface area contributed by atoms with E-state index in [1.54, 1.807) is 0 Å². The summed E-state index contributed by atoms with van der Waals surface area (Å²) in [5.74, 6) is 1.80. The lowest BCUT2D eigenvalue weighted by atomic mass is 10.1. The first kappa shape index (κ1) is 16.3. The maximum atomic E-state index is 5.99. The molecule has 118 valence electrons. The average Bonchev–Trinajstić information content (AvgIpc) is 3.28. The third-order valence-corrected chi connectivity index (χ3v) is 3.95. The fourth-order valence-corrected chi connectivity index (χ4v) is 2.23. The van der Waals surface area contributed by atoms with Crippen LogP contribution in [-0.2, 0) is 6.54 Å². The molecule has 0 aliphatic heterocycles. The molecule has 1 aromatic carbocycles. The Labute approximate surface area is 129 Å². The third kappa shape index (κ3) is 6.49. The van der Waals surface area contributed by atoms with Crippen molar-refractivity contribution >= 4 is 0 Å². The number of para-hydroxylation sites is 1. The van der Waals surface area contributed by atoms with Gasteiger partial charge in [0.1, 0.15) is 12.4 Å². The number of rotatable bonds is 10. The van der Waals surface area contributed by atoms with Crippen molar-refractivity contribution in [2.24, 2.45) is 5.92 Å². The maximum absolute atomic E-state index is 5.99. The summed E-state index contributed by atoms with van der Waals surface area (Å²) < 4.78 is 5.99. The lowest BCUT2D eigenvalue weighted by Gasteiger charge is -2.19. The van der Waals surface area contributed by atoms with Crippen LogP contribution in [0.1, 0.15) is 38.7 Å². The minimum atomic E-state index is 0.736. The standard InChI is InChI=1S/C18H30N2O/c1-15(2)10-11-20(3)12-13-21-18-7-5-4-6-16(18)14-19-17-8-9-17/h4-7,15,17,19H,8-14H2,1-3H3. The van der Waals surface area contributed by atoms with Crippen LogP contribution in [0.2, 0.25) is 0 Å². The number of hydrogen-bond donors (Lipinski definition) is 1. The van der Waals surface area contributed by atoms with Crippen molar-refractivity contribution in [1.82, 2.24) is 10.2 Å². The zero-order valence-electron chi connectivity index (χ0n) is 13.8. The lowest BCUT2D eigenvalue weighted by Crippen LogP contribution is -2.26. The van der Waals surface area contributed by atoms with Gasteiger partial charge in [-0.05, 0) is 44.8 Å². The van der Waals surface area contributed by atoms with Gasteiger partial charge in [0.05, 0.1) is 0 Å². The zero-order valence-corrected chi connectivity index (χ0v) is 13.8. The van der Waals surface area contributed by atoms with E-state index in [9.17, 15) is 0 Å². The van der Waals surface area contributed by atoms with E-state index in [2.05, 4.69) is 55.4 Å². The smallest absolute Gasteiger partial charge is 0.123 e. The second-order valence-corrected chi connectivity index (χ2v) is 6.60. The highest BCUT2D eigenvalue weighted by Crippen LogP contribution is 2.22. The molecule has 1 aliphatic rings. The van der Waals surface area contributed by atoms with Crippen LogP contribution in [0.25, 0.3) is 0 Å². The molecule has 0 aromatic heterocycles. The van der Waals surface area contributed by atoms with Gasteiger partial charge in [-0.15, -0.1) is 0 Å². The van der Waals surface area contributed by atoms with Gasteiger partial charge in [0.2, 0.25) is 0 Å². The molecule has 0 spiro atoms. The number of benzene rings is 1. The molecule has 0 amide bonds. The molecular formula is C18H30N2O. The summed E-state index contributed by atoms with van der Waals surface area (Å²) in [4.78, 5) is 2.35. The van der Waals surface area contributed by atoms with E-state index in [0.29, 0.717) is 0 Å². The molecule has 1 N–H and O–H groups in total. The van der Waals surface area contributed by atoms with E-state index >= 15 is 0 Å². The van der Waals surface area contributed by atoms with E-state index < -0.39 is 0 Å². The highest BCUT2D eigenvalue weighted by Gasteiger charge is 2.20. The Morgan fingerprint density at radius 2 is 2.00 bits per heavy atom. The van der Waals surface area contributed by atoms with Crippen LogP contribution in [-0.4, -0.2) is 37.7 Å². The topological polar surface area (TPSA) is 24.5 Å². The van der Waals surface area contributed by atoms with Gasteiger partial charge in [-0.3, -0.25) is 0 Å². The molecule has 0 bridgehead atoms. The number of nitrogens with zero attached hydrogens (tertiary/aromatic N) is 1. The van der Waals surface area contributed by atoms with Gasteiger partial charge in [0, 0.05) is 24.7 Å². The monoisotopic (exact) mass is 290 g/mol. The number of ether oxygens (including phenoxy) is 1. The zero-order chi connectivity index (χ0) is 15.1. The summed E-state index contributed by atoms with van der Waals surface area (Å²) in [6, 6.07) is 9.12. The van der Waals surface area contributed by atoms with Crippen molar-refractivity contribution < 1.29 is 4.74 Å². The summed E-state index contributed by atoms with van der Waals surface area (Å²) >= 11 is 0. The molecule has 0 atom stereocenters. The molecule has 0 heterocycles. The van der Waals surface area contributed by atoms with Crippen molar-refractivity contribution in [2.75, 3.05) is 26.7 Å². The number of nitrogens with one attached hydrogen (secondary N) is 1. The summed E-state index contributed by atoms with van der Waals surface area (Å²) in [5.41, 5.74) is 1.27. The SMILES string of the molecule is CC(C)CCN(C)CCOc1ccccc1CNC1CC1. The largest absolute Gasteiger partial charge is 0.492 e. The van der Waals surface area contributed by atoms with Crippen LogP contribution in [0, 0.1) is 5.92 Å². The number of likely N-dealkylation sites (N-methyl/N-ethyl adjacent to an activating group) is 1. The Hall–Kier alpha value is -1.06. The first-order valence-electron chi connectivity index (χ1n) is 8.28. The Morgan fingerprint density at radius 3 is 2.71 bits per heavy atom. The fraction of sp³-hybridized carbons (Fsp3) is 0.667. The second-order valence-electron chi connectivity index (χ2n) is 6.60. The summed E-state index contributed by atoms with van der Waals surface area (Å²) in [6.07, 6.45) is 3.89. The molecule has 3 nitrogen and oxygen atoms in total. The van der Waals surface area contributed by atoms with Gasteiger partial charge in [-0.2, -0.15) is 0 Å². The lowest BCUT2D eigenvalue weighted by molar-refractivity contribution is 0.228. The maximum Gasteiger partial charge on any atom is 0.123 e. The van der Waals surface area contributed by atoms with E-state index in [4.69, 9.17) is 4.74 Å². The Morgan fingerprint density at radius 1 is 1.24 bits per heavy atom. The normalized spacial score (nSPS) is 14.9. The molecule has 1 saturated carbocycles. The van der Waals surface area contributed by atoms with Gasteiger partial charge in [-0.25, -0.2) is 0 Å². The molecule has 1 aromatic rings. The first-order chi connectivity index (χ1) is 10.1. The highest BCUT2D eigenvalue weighted by atomic mass is 16.5. The molecule has 1 fully saturated rings. The van der Waals surface area contributed by atoms with E-state index in [1.165, 1.54) is 24.8 Å². The van der Waals surface area contributed by atoms with Gasteiger partial charge in [-0.1, -0.05) is 32.0 Å². The van der Waals surface area contributed by atoms with Crippen LogP contribution in [0.4, 0.5) is 0 Å². The van der Waals surface area contributed by atoms with Crippen molar-refractivity contribution in [2.45, 2.75) is 45.7 Å². The Bertz CT molecular complexity index is 415. The highest BCUT2D eigenvalue weighted by molar-refractivity contribution is 5.33. The predicted molar refractivity (Wildman–Crippen MR) is 88.8 cm³/mol. The molecule has 0 unspecified atom stereocenters. The van der Waals surface area contributed by atoms with Crippen molar-refractivity contribution in [3.8, 4) is 5.75 Å². The van der Waals surface area contributed by atoms with Gasteiger partial charge >= 0.3 is 0 Å². The Kier molecular flexibility index (Phi) is 6.52. The van der Waals surface area contributed by atoms with Crippen LogP contribution < -0.4 is 10.1 Å². The summed E-state index contributed by atoms with van der Waals surface area (Å²) in [7, 11) is 2.17. The first-order valence-corrected chi connectivity index (χ1v) is 8.28. The summed E-state index contributed by atoms with van der Waals surface area (Å²) in [6.45, 7) is 8.35. The Balaban J connectivity index is 1.71. The average molecular weight is 290 g/mol. The van der Waals surface area contributed by atoms with Crippen LogP contribution >= 0.6 is 0 Å². The van der Waals surface area contributed by atoms with Crippen molar-refractivity contribution in [3.63, 3.8) is 0 Å². The van der Waals surface area contributed by atoms with E-state index in [-0.39, 0.29) is 0 Å². The minimum Gasteiger partial charge on any atom is -0.492 e. The number of hydrogen-bond acceptors (Lipinski definition) is 3. The molecule has 0 saturated heterocycles. The molecule has 1 aliphatic carbocycles. The molecule has 21 heavy (non-hydrogen) atoms. The van der Waals surface area contributed by atoms with E-state index in [0.717, 1.165) is 44.0 Å². The quantitative estimate of drug-likeness (QED) is 0.715. The van der Waals surface area contributed by atoms with Crippen molar-refractivity contribution in [3.05, 3.63) is 29.8 Å². The van der Waals surface area contributed by atoms with E-state index in [1.807, 2.05) is 0 Å². The summed E-state index contributed by atoms with van der Waals surface area (Å²) in [5, 5.41) is 3.55. The van der Waals surface area contributed by atoms with Crippen LogP contribution in [0.15, 0.2) is 24.3 Å².